The lowest BCUT2D eigenvalue weighted by molar-refractivity contribution is 0.670. The summed E-state index contributed by atoms with van der Waals surface area (Å²) < 4.78 is 9.37. The summed E-state index contributed by atoms with van der Waals surface area (Å²) in [7, 11) is 0. The number of hydrogen-bond acceptors (Lipinski definition) is 5. The van der Waals surface area contributed by atoms with Gasteiger partial charge in [-0.3, -0.25) is 0 Å². The molecule has 0 saturated carbocycles. The van der Waals surface area contributed by atoms with E-state index in [4.69, 9.17) is 4.42 Å². The third-order valence-corrected chi connectivity index (χ3v) is 14.5. The molecule has 0 saturated heterocycles. The zero-order valence-electron chi connectivity index (χ0n) is 35.1. The van der Waals surface area contributed by atoms with Crippen LogP contribution in [0.3, 0.4) is 0 Å². The van der Waals surface area contributed by atoms with E-state index >= 15 is 0 Å². The monoisotopic (exact) mass is 866 g/mol. The molecule has 0 aliphatic carbocycles. The number of fused-ring (bicyclic) bond motifs is 7. The third kappa shape index (κ3) is 6.39. The van der Waals surface area contributed by atoms with E-state index in [1.54, 1.807) is 22.7 Å². The largest absolute Gasteiger partial charge is 0.456 e. The van der Waals surface area contributed by atoms with Crippen LogP contribution in [0.4, 0.5) is 34.1 Å². The van der Waals surface area contributed by atoms with Crippen LogP contribution in [0.1, 0.15) is 0 Å². The summed E-state index contributed by atoms with van der Waals surface area (Å²) in [4.78, 5) is 4.79. The molecule has 0 N–H and O–H groups in total. The van der Waals surface area contributed by atoms with E-state index in [0.717, 1.165) is 66.8 Å². The molecule has 0 spiro atoms. The van der Waals surface area contributed by atoms with Crippen molar-refractivity contribution in [3.05, 3.63) is 229 Å². The molecule has 3 nitrogen and oxygen atoms in total. The number of anilines is 6. The van der Waals surface area contributed by atoms with Gasteiger partial charge in [0.05, 0.1) is 11.4 Å². The van der Waals surface area contributed by atoms with Gasteiger partial charge in [0.15, 0.2) is 0 Å². The predicted molar refractivity (Wildman–Crippen MR) is 280 cm³/mol. The lowest BCUT2D eigenvalue weighted by Crippen LogP contribution is -2.11. The second kappa shape index (κ2) is 15.4. The Balaban J connectivity index is 0.945. The van der Waals surface area contributed by atoms with Crippen molar-refractivity contribution in [3.63, 3.8) is 0 Å². The van der Waals surface area contributed by atoms with Crippen molar-refractivity contribution >= 4 is 120 Å². The normalized spacial score (nSPS) is 11.7. The van der Waals surface area contributed by atoms with Gasteiger partial charge in [0.25, 0.3) is 0 Å². The van der Waals surface area contributed by atoms with Gasteiger partial charge in [-0.2, -0.15) is 0 Å². The van der Waals surface area contributed by atoms with Crippen LogP contribution in [0.15, 0.2) is 234 Å². The lowest BCUT2D eigenvalue weighted by Gasteiger charge is -2.28. The molecule has 0 bridgehead atoms. The Morgan fingerprint density at radius 3 is 1.15 bits per heavy atom. The van der Waals surface area contributed by atoms with E-state index in [1.165, 1.54) is 53.2 Å². The van der Waals surface area contributed by atoms with Crippen LogP contribution in [0, 0.1) is 0 Å². The summed E-state index contributed by atoms with van der Waals surface area (Å²) in [5.74, 6) is 0. The summed E-state index contributed by atoms with van der Waals surface area (Å²) in [6, 6.07) is 79.2. The van der Waals surface area contributed by atoms with E-state index in [1.807, 2.05) is 0 Å². The molecule has 0 atom stereocenters. The summed E-state index contributed by atoms with van der Waals surface area (Å²) >= 11 is 3.56. The number of nitrogens with zero attached hydrogens (tertiary/aromatic N) is 2. The van der Waals surface area contributed by atoms with E-state index in [9.17, 15) is 0 Å². The van der Waals surface area contributed by atoms with Gasteiger partial charge in [-0.1, -0.05) is 109 Å². The fraction of sp³-hybridized carbons (Fsp3) is 0. The van der Waals surface area contributed by atoms with Gasteiger partial charge in [-0.25, -0.2) is 0 Å². The smallest absolute Gasteiger partial charge is 0.136 e. The number of hydrogen-bond donors (Lipinski definition) is 0. The average molecular weight is 867 g/mol. The Morgan fingerprint density at radius 1 is 0.308 bits per heavy atom. The second-order valence-electron chi connectivity index (χ2n) is 16.5. The number of benzene rings is 10. The van der Waals surface area contributed by atoms with E-state index < -0.39 is 0 Å². The van der Waals surface area contributed by atoms with Crippen LogP contribution in [-0.2, 0) is 0 Å². The Labute approximate surface area is 383 Å². The fourth-order valence-corrected chi connectivity index (χ4v) is 11.4. The third-order valence-electron chi connectivity index (χ3n) is 12.7. The van der Waals surface area contributed by atoms with Crippen molar-refractivity contribution in [2.24, 2.45) is 0 Å². The molecule has 0 fully saturated rings. The molecule has 5 heteroatoms. The number of thiophene rings is 2. The Hall–Kier alpha value is -7.96. The zero-order chi connectivity index (χ0) is 42.8. The summed E-state index contributed by atoms with van der Waals surface area (Å²) in [5, 5.41) is 13.7. The highest BCUT2D eigenvalue weighted by molar-refractivity contribution is 7.17. The first-order valence-corrected chi connectivity index (χ1v) is 23.6. The van der Waals surface area contributed by atoms with Gasteiger partial charge in [0.2, 0.25) is 0 Å². The molecule has 306 valence electrons. The number of rotatable bonds is 8. The maximum absolute atomic E-state index is 6.82. The molecule has 0 aliphatic heterocycles. The molecule has 0 amide bonds. The van der Waals surface area contributed by atoms with Crippen LogP contribution in [0.2, 0.25) is 0 Å². The second-order valence-corrected chi connectivity index (χ2v) is 18.4. The maximum Gasteiger partial charge on any atom is 0.136 e. The van der Waals surface area contributed by atoms with Crippen LogP contribution in [0.5, 0.6) is 0 Å². The molecule has 65 heavy (non-hydrogen) atoms. The first-order valence-electron chi connectivity index (χ1n) is 21.9. The minimum Gasteiger partial charge on any atom is -0.456 e. The molecule has 13 aromatic rings. The molecule has 0 radical (unpaired) electrons. The zero-order valence-corrected chi connectivity index (χ0v) is 36.7. The van der Waals surface area contributed by atoms with Crippen molar-refractivity contribution < 1.29 is 4.42 Å². The van der Waals surface area contributed by atoms with Gasteiger partial charge in [0, 0.05) is 64.8 Å². The van der Waals surface area contributed by atoms with Crippen LogP contribution in [0.25, 0.3) is 85.9 Å². The standard InChI is InChI=1S/C60H38N2OS2/c1-5-13-39(14-6-1)59-49-29-31-64-57(49)27-25-53(59)61(45-17-9-3-10-18-45)47-23-21-41-35-51-52-36-42-22-24-48(34-44(42)38-56(52)63-55(51)37-43(41)33-47)62(46-19-11-4-12-20-46)54-26-28-58-50(30-32-65-58)60(54)40-15-7-2-8-16-40/h1-38H. The molecule has 10 aromatic carbocycles. The van der Waals surface area contributed by atoms with Crippen LogP contribution >= 0.6 is 22.7 Å². The Kier molecular flexibility index (Phi) is 8.90. The van der Waals surface area contributed by atoms with Gasteiger partial charge < -0.3 is 14.2 Å². The van der Waals surface area contributed by atoms with Gasteiger partial charge in [-0.15, -0.1) is 22.7 Å². The minimum atomic E-state index is 0.874. The van der Waals surface area contributed by atoms with Crippen molar-refractivity contribution in [3.8, 4) is 22.3 Å². The first-order chi connectivity index (χ1) is 32.2. The van der Waals surface area contributed by atoms with Gasteiger partial charge in [-0.05, 0) is 153 Å². The minimum absolute atomic E-state index is 0.874. The van der Waals surface area contributed by atoms with Crippen LogP contribution in [-0.4, -0.2) is 0 Å². The van der Waals surface area contributed by atoms with E-state index in [0.29, 0.717) is 0 Å². The Morgan fingerprint density at radius 2 is 0.723 bits per heavy atom. The average Bonchev–Trinajstić information content (AvgIpc) is 4.13. The fourth-order valence-electron chi connectivity index (χ4n) is 9.78. The van der Waals surface area contributed by atoms with E-state index in [2.05, 4.69) is 239 Å². The van der Waals surface area contributed by atoms with Crippen molar-refractivity contribution in [1.82, 2.24) is 0 Å². The molecular formula is C60H38N2OS2. The highest BCUT2D eigenvalue weighted by Crippen LogP contribution is 2.48. The highest BCUT2D eigenvalue weighted by atomic mass is 32.1. The van der Waals surface area contributed by atoms with Crippen molar-refractivity contribution in [1.29, 1.82) is 0 Å². The maximum atomic E-state index is 6.82. The summed E-state index contributed by atoms with van der Waals surface area (Å²) in [5.41, 5.74) is 13.2. The lowest BCUT2D eigenvalue weighted by atomic mass is 9.97. The van der Waals surface area contributed by atoms with Crippen LogP contribution < -0.4 is 9.80 Å². The molecule has 13 rings (SSSR count). The summed E-state index contributed by atoms with van der Waals surface area (Å²) in [6.07, 6.45) is 0. The molecule has 3 heterocycles. The topological polar surface area (TPSA) is 19.6 Å². The quantitative estimate of drug-likeness (QED) is 0.152. The number of para-hydroxylation sites is 2. The highest BCUT2D eigenvalue weighted by Gasteiger charge is 2.23. The van der Waals surface area contributed by atoms with E-state index in [-0.39, 0.29) is 0 Å². The van der Waals surface area contributed by atoms with Crippen molar-refractivity contribution in [2.45, 2.75) is 0 Å². The number of furan rings is 1. The molecule has 0 unspecified atom stereocenters. The van der Waals surface area contributed by atoms with Gasteiger partial charge >= 0.3 is 0 Å². The van der Waals surface area contributed by atoms with Crippen molar-refractivity contribution in [2.75, 3.05) is 9.80 Å². The van der Waals surface area contributed by atoms with Gasteiger partial charge in [0.1, 0.15) is 11.2 Å². The first kappa shape index (κ1) is 37.6. The molecule has 3 aromatic heterocycles. The Bertz CT molecular complexity index is 3640. The SMILES string of the molecule is c1ccc(-c2c(N(c3ccccc3)c3ccc4cc5c(cc4c3)oc3cc4cc(N(c6ccccc6)c6ccc7sccc7c6-c6ccccc6)ccc4cc35)ccc3sccc23)cc1. The predicted octanol–water partition coefficient (Wildman–Crippen LogP) is 18.6. The summed E-state index contributed by atoms with van der Waals surface area (Å²) in [6.45, 7) is 0. The molecular weight excluding hydrogens is 829 g/mol. The molecule has 0 aliphatic rings.